The first-order valence-electron chi connectivity index (χ1n) is 9.87. The van der Waals surface area contributed by atoms with Gasteiger partial charge in [0.05, 0.1) is 12.9 Å². The smallest absolute Gasteiger partial charge is 0.409 e. The summed E-state index contributed by atoms with van der Waals surface area (Å²) in [5.74, 6) is 2.87. The van der Waals surface area contributed by atoms with E-state index in [-0.39, 0.29) is 12.1 Å². The van der Waals surface area contributed by atoms with Crippen LogP contribution in [0.4, 0.5) is 10.6 Å². The molecule has 11 nitrogen and oxygen atoms in total. The summed E-state index contributed by atoms with van der Waals surface area (Å²) >= 11 is 0. The van der Waals surface area contributed by atoms with Crippen molar-refractivity contribution < 1.29 is 24.5 Å². The Labute approximate surface area is 173 Å². The number of likely N-dealkylation sites (tertiary alicyclic amines) is 1. The number of terminal acetylenes is 1. The maximum Gasteiger partial charge on any atom is 0.409 e. The fourth-order valence-corrected chi connectivity index (χ4v) is 3.79. The van der Waals surface area contributed by atoms with Crippen LogP contribution in [-0.4, -0.2) is 84.8 Å². The molecule has 0 unspecified atom stereocenters. The predicted octanol–water partition coefficient (Wildman–Crippen LogP) is 0.111. The van der Waals surface area contributed by atoms with Gasteiger partial charge in [0.1, 0.15) is 24.6 Å². The van der Waals surface area contributed by atoms with Gasteiger partial charge in [0.2, 0.25) is 0 Å². The van der Waals surface area contributed by atoms with Crippen molar-refractivity contribution in [3.05, 3.63) is 12.7 Å². The van der Waals surface area contributed by atoms with Gasteiger partial charge in [0, 0.05) is 19.1 Å². The summed E-state index contributed by atoms with van der Waals surface area (Å²) in [6.45, 7) is 3.32. The molecule has 4 atom stereocenters. The SMILES string of the molecule is C#C[C@H]1O[C@@H](n2cnc3c(NC4CCN(C(=O)OCC)CC4)ncnc32)[C@H](O)[C@@H]1O. The van der Waals surface area contributed by atoms with Crippen LogP contribution in [0.5, 0.6) is 0 Å². The van der Waals surface area contributed by atoms with Gasteiger partial charge >= 0.3 is 6.09 Å². The highest BCUT2D eigenvalue weighted by Crippen LogP contribution is 2.32. The molecule has 160 valence electrons. The Morgan fingerprint density at radius 1 is 1.33 bits per heavy atom. The van der Waals surface area contributed by atoms with Gasteiger partial charge in [-0.05, 0) is 19.8 Å². The van der Waals surface area contributed by atoms with Crippen molar-refractivity contribution in [3.63, 3.8) is 0 Å². The summed E-state index contributed by atoms with van der Waals surface area (Å²) in [5, 5.41) is 23.7. The molecule has 30 heavy (non-hydrogen) atoms. The van der Waals surface area contributed by atoms with Crippen molar-refractivity contribution in [1.29, 1.82) is 0 Å². The molecular weight excluding hydrogens is 392 g/mol. The third-order valence-electron chi connectivity index (χ3n) is 5.40. The number of ether oxygens (including phenoxy) is 2. The minimum absolute atomic E-state index is 0.111. The number of carbonyl (C=O) groups is 1. The zero-order valence-electron chi connectivity index (χ0n) is 16.5. The monoisotopic (exact) mass is 416 g/mol. The third-order valence-corrected chi connectivity index (χ3v) is 5.40. The van der Waals surface area contributed by atoms with Crippen molar-refractivity contribution in [2.45, 2.75) is 50.3 Å². The second-order valence-corrected chi connectivity index (χ2v) is 7.25. The molecule has 2 aliphatic rings. The van der Waals surface area contributed by atoms with Gasteiger partial charge in [0.15, 0.2) is 23.2 Å². The largest absolute Gasteiger partial charge is 0.450 e. The number of hydrogen-bond donors (Lipinski definition) is 3. The lowest BCUT2D eigenvalue weighted by Crippen LogP contribution is -2.42. The van der Waals surface area contributed by atoms with E-state index in [4.69, 9.17) is 15.9 Å². The van der Waals surface area contributed by atoms with Crippen LogP contribution in [0.25, 0.3) is 11.2 Å². The van der Waals surface area contributed by atoms with Crippen LogP contribution in [0.15, 0.2) is 12.7 Å². The number of anilines is 1. The van der Waals surface area contributed by atoms with E-state index in [2.05, 4.69) is 26.2 Å². The quantitative estimate of drug-likeness (QED) is 0.594. The van der Waals surface area contributed by atoms with Crippen molar-refractivity contribution >= 4 is 23.1 Å². The lowest BCUT2D eigenvalue weighted by Gasteiger charge is -2.31. The molecule has 2 aromatic heterocycles. The Morgan fingerprint density at radius 3 is 2.77 bits per heavy atom. The number of fused-ring (bicyclic) bond motifs is 1. The molecule has 1 amide bonds. The van der Waals surface area contributed by atoms with Crippen LogP contribution in [-0.2, 0) is 9.47 Å². The van der Waals surface area contributed by atoms with Crippen LogP contribution >= 0.6 is 0 Å². The van der Waals surface area contributed by atoms with E-state index in [0.29, 0.717) is 36.7 Å². The number of aliphatic hydroxyl groups excluding tert-OH is 2. The topological polar surface area (TPSA) is 135 Å². The van der Waals surface area contributed by atoms with Crippen molar-refractivity contribution in [2.24, 2.45) is 0 Å². The van der Waals surface area contributed by atoms with E-state index < -0.39 is 24.5 Å². The van der Waals surface area contributed by atoms with Crippen LogP contribution < -0.4 is 5.32 Å². The molecular formula is C19H24N6O5. The summed E-state index contributed by atoms with van der Waals surface area (Å²) in [4.78, 5) is 26.5. The summed E-state index contributed by atoms with van der Waals surface area (Å²) in [7, 11) is 0. The molecule has 0 aliphatic carbocycles. The van der Waals surface area contributed by atoms with Gasteiger partial charge in [-0.1, -0.05) is 5.92 Å². The van der Waals surface area contributed by atoms with Crippen LogP contribution in [0.1, 0.15) is 26.0 Å². The molecule has 4 heterocycles. The second kappa shape index (κ2) is 8.43. The van der Waals surface area contributed by atoms with Gasteiger partial charge < -0.3 is 29.9 Å². The molecule has 2 aliphatic heterocycles. The first-order chi connectivity index (χ1) is 14.5. The minimum Gasteiger partial charge on any atom is -0.450 e. The van der Waals surface area contributed by atoms with Crippen LogP contribution in [0.2, 0.25) is 0 Å². The first kappa shape index (κ1) is 20.3. The molecule has 0 aromatic carbocycles. The molecule has 2 aromatic rings. The molecule has 4 rings (SSSR count). The lowest BCUT2D eigenvalue weighted by atomic mass is 10.1. The normalized spacial score (nSPS) is 27.2. The van der Waals surface area contributed by atoms with Gasteiger partial charge in [0.25, 0.3) is 0 Å². The first-order valence-corrected chi connectivity index (χ1v) is 9.87. The van der Waals surface area contributed by atoms with E-state index in [1.165, 1.54) is 17.2 Å². The summed E-state index contributed by atoms with van der Waals surface area (Å²) in [6, 6.07) is 0.111. The molecule has 0 radical (unpaired) electrons. The minimum atomic E-state index is -1.21. The summed E-state index contributed by atoms with van der Waals surface area (Å²) in [5.41, 5.74) is 0.963. The second-order valence-electron chi connectivity index (χ2n) is 7.25. The zero-order valence-corrected chi connectivity index (χ0v) is 16.5. The highest BCUT2D eigenvalue weighted by atomic mass is 16.6. The third kappa shape index (κ3) is 3.65. The fourth-order valence-electron chi connectivity index (χ4n) is 3.79. The van der Waals surface area contributed by atoms with Gasteiger partial charge in [-0.3, -0.25) is 4.57 Å². The number of imidazole rings is 1. The maximum absolute atomic E-state index is 11.8. The Bertz CT molecular complexity index is 951. The number of rotatable bonds is 4. The average Bonchev–Trinajstić information content (AvgIpc) is 3.30. The van der Waals surface area contributed by atoms with Crippen LogP contribution in [0.3, 0.4) is 0 Å². The van der Waals surface area contributed by atoms with Gasteiger partial charge in [-0.2, -0.15) is 0 Å². The number of amides is 1. The summed E-state index contributed by atoms with van der Waals surface area (Å²) < 4.78 is 12.2. The van der Waals surface area contributed by atoms with E-state index >= 15 is 0 Å². The zero-order chi connectivity index (χ0) is 21.3. The van der Waals surface area contributed by atoms with Crippen LogP contribution in [0, 0.1) is 12.3 Å². The highest BCUT2D eigenvalue weighted by molar-refractivity contribution is 5.82. The van der Waals surface area contributed by atoms with E-state index in [1.807, 2.05) is 0 Å². The Balaban J connectivity index is 1.48. The lowest BCUT2D eigenvalue weighted by molar-refractivity contribution is -0.0230. The molecule has 3 N–H and O–H groups in total. The van der Waals surface area contributed by atoms with Gasteiger partial charge in [-0.15, -0.1) is 6.42 Å². The predicted molar refractivity (Wildman–Crippen MR) is 105 cm³/mol. The fraction of sp³-hybridized carbons (Fsp3) is 0.579. The number of nitrogens with one attached hydrogen (secondary N) is 1. The number of hydrogen-bond acceptors (Lipinski definition) is 9. The molecule has 11 heteroatoms. The number of nitrogens with zero attached hydrogens (tertiary/aromatic N) is 5. The van der Waals surface area contributed by atoms with E-state index in [9.17, 15) is 15.0 Å². The molecule has 2 fully saturated rings. The number of aliphatic hydroxyl groups is 2. The molecule has 0 saturated carbocycles. The van der Waals surface area contributed by atoms with Crippen molar-refractivity contribution in [1.82, 2.24) is 24.4 Å². The number of aromatic nitrogens is 4. The molecule has 0 bridgehead atoms. The molecule has 2 saturated heterocycles. The number of carbonyl (C=O) groups excluding carboxylic acids is 1. The average molecular weight is 416 g/mol. The van der Waals surface area contributed by atoms with E-state index in [1.54, 1.807) is 11.8 Å². The standard InChI is InChI=1S/C19H24N6O5/c1-3-12-14(26)15(27)18(30-12)25-10-22-13-16(20-9-21-17(13)25)23-11-5-7-24(8-6-11)19(28)29-4-2/h1,9-12,14-15,18,26-27H,4-8H2,2H3,(H,20,21,23)/t12-,14-,15-,18-/m1/s1. The maximum atomic E-state index is 11.8. The van der Waals surface area contributed by atoms with Gasteiger partial charge in [-0.25, -0.2) is 19.7 Å². The molecule has 0 spiro atoms. The highest BCUT2D eigenvalue weighted by Gasteiger charge is 2.43. The number of piperidine rings is 1. The Kier molecular flexibility index (Phi) is 5.72. The van der Waals surface area contributed by atoms with Crippen molar-refractivity contribution in [3.8, 4) is 12.3 Å². The Hall–Kier alpha value is -2.94. The Morgan fingerprint density at radius 2 is 2.10 bits per heavy atom. The van der Waals surface area contributed by atoms with E-state index in [0.717, 1.165) is 12.8 Å². The van der Waals surface area contributed by atoms with Crippen molar-refractivity contribution in [2.75, 3.05) is 25.0 Å². The summed E-state index contributed by atoms with van der Waals surface area (Å²) in [6.07, 6.45) is 5.21.